The van der Waals surface area contributed by atoms with E-state index in [1.165, 1.54) is 0 Å². The van der Waals surface area contributed by atoms with Crippen molar-refractivity contribution < 1.29 is 5.02 Å². The summed E-state index contributed by atoms with van der Waals surface area (Å²) in [5.74, 6) is 0. The maximum Gasteiger partial charge on any atom is 0.278 e. The van der Waals surface area contributed by atoms with Crippen LogP contribution in [-0.2, 0) is 0 Å². The fourth-order valence-electron chi connectivity index (χ4n) is 0.997. The van der Waals surface area contributed by atoms with Gasteiger partial charge in [-0.25, -0.2) is 0 Å². The summed E-state index contributed by atoms with van der Waals surface area (Å²) in [5, 5.41) is 8.90. The molecule has 2 unspecified atom stereocenters. The van der Waals surface area contributed by atoms with Gasteiger partial charge in [0.25, 0.3) is 7.48 Å². The van der Waals surface area contributed by atoms with Crippen LogP contribution in [0.2, 0.25) is 0 Å². The molecule has 0 radical (unpaired) electrons. The van der Waals surface area contributed by atoms with Crippen molar-refractivity contribution in [3.8, 4) is 0 Å². The first kappa shape index (κ1) is 10.5. The van der Waals surface area contributed by atoms with E-state index in [0.29, 0.717) is 18.5 Å². The lowest BCUT2D eigenvalue weighted by atomic mass is 9.81. The molecule has 0 aliphatic carbocycles. The van der Waals surface area contributed by atoms with Gasteiger partial charge in [0, 0.05) is 0 Å². The second-order valence-corrected chi connectivity index (χ2v) is 5.33. The van der Waals surface area contributed by atoms with Crippen LogP contribution in [0.3, 0.4) is 0 Å². The predicted octanol–water partition coefficient (Wildman–Crippen LogP) is 1.40. The molecule has 0 saturated heterocycles. The highest BCUT2D eigenvalue weighted by atomic mass is 31.1. The fraction of sp³-hybridized carbons (Fsp3) is 1.00. The molecular formula is C7H18BOP. The van der Waals surface area contributed by atoms with E-state index in [9.17, 15) is 0 Å². The first-order valence-electron chi connectivity index (χ1n) is 3.77. The predicted molar refractivity (Wildman–Crippen MR) is 51.5 cm³/mol. The third-order valence-electron chi connectivity index (χ3n) is 1.49. The normalized spacial score (nSPS) is 16.1. The van der Waals surface area contributed by atoms with Gasteiger partial charge in [0.1, 0.15) is 0 Å². The van der Waals surface area contributed by atoms with Crippen LogP contribution in [0.4, 0.5) is 0 Å². The van der Waals surface area contributed by atoms with Crippen molar-refractivity contribution in [1.82, 2.24) is 0 Å². The lowest BCUT2D eigenvalue weighted by Crippen LogP contribution is -2.19. The van der Waals surface area contributed by atoms with Crippen molar-refractivity contribution in [2.24, 2.45) is 5.41 Å². The van der Waals surface area contributed by atoms with E-state index in [1.54, 1.807) is 0 Å². The summed E-state index contributed by atoms with van der Waals surface area (Å²) in [6.45, 7) is 8.81. The molecule has 1 N–H and O–H groups in total. The van der Waals surface area contributed by atoms with E-state index in [0.717, 1.165) is 15.0 Å². The molecule has 3 heteroatoms. The summed E-state index contributed by atoms with van der Waals surface area (Å²) >= 11 is 0. The Morgan fingerprint density at radius 3 is 2.10 bits per heavy atom. The summed E-state index contributed by atoms with van der Waals surface area (Å²) in [5.41, 5.74) is 0.899. The zero-order valence-corrected chi connectivity index (χ0v) is 8.44. The first-order valence-corrected chi connectivity index (χ1v) is 5.35. The average Bonchev–Trinajstić information content (AvgIpc) is 1.81. The third-order valence-corrected chi connectivity index (χ3v) is 2.69. The minimum atomic E-state index is 0.353. The molecule has 0 rings (SSSR count). The Kier molecular flexibility index (Phi) is 4.56. The minimum Gasteiger partial charge on any atom is -0.453 e. The number of hydrogen-bond donors (Lipinski definition) is 1. The monoisotopic (exact) mass is 160 g/mol. The molecule has 0 aromatic carbocycles. The standard InChI is InChI=1S/C7H18BOP/c1-7(2,3)5-6(8-9)10-4/h6,8-10H,5H2,1-4H3. The third kappa shape index (κ3) is 5.26. The molecule has 0 fully saturated rings. The fourth-order valence-corrected chi connectivity index (χ4v) is 2.00. The van der Waals surface area contributed by atoms with E-state index in [-0.39, 0.29) is 0 Å². The smallest absolute Gasteiger partial charge is 0.278 e. The van der Waals surface area contributed by atoms with Crippen LogP contribution in [-0.4, -0.2) is 24.7 Å². The van der Waals surface area contributed by atoms with Crippen molar-refractivity contribution in [2.75, 3.05) is 6.66 Å². The second kappa shape index (κ2) is 4.36. The van der Waals surface area contributed by atoms with Gasteiger partial charge in [-0.15, -0.1) is 8.58 Å². The number of hydrogen-bond acceptors (Lipinski definition) is 1. The molecule has 0 aliphatic rings. The maximum atomic E-state index is 8.90. The zero-order valence-electron chi connectivity index (χ0n) is 7.44. The molecule has 2 atom stereocenters. The molecule has 10 heavy (non-hydrogen) atoms. The highest BCUT2D eigenvalue weighted by molar-refractivity contribution is 7.40. The molecule has 0 spiro atoms. The molecule has 0 aliphatic heterocycles. The van der Waals surface area contributed by atoms with Gasteiger partial charge in [-0.3, -0.25) is 0 Å². The topological polar surface area (TPSA) is 20.2 Å². The summed E-state index contributed by atoms with van der Waals surface area (Å²) in [6, 6.07) is 0. The lowest BCUT2D eigenvalue weighted by Gasteiger charge is -2.22. The van der Waals surface area contributed by atoms with Crippen LogP contribution in [0.5, 0.6) is 0 Å². The number of rotatable bonds is 3. The van der Waals surface area contributed by atoms with Gasteiger partial charge in [-0.1, -0.05) is 20.8 Å². The molecule has 0 amide bonds. The van der Waals surface area contributed by atoms with E-state index < -0.39 is 0 Å². The largest absolute Gasteiger partial charge is 0.453 e. The molecule has 0 aromatic rings. The summed E-state index contributed by atoms with van der Waals surface area (Å²) in [7, 11) is 1.23. The van der Waals surface area contributed by atoms with Crippen LogP contribution in [0.15, 0.2) is 0 Å². The Morgan fingerprint density at radius 1 is 1.50 bits per heavy atom. The zero-order chi connectivity index (χ0) is 8.20. The van der Waals surface area contributed by atoms with E-state index in [2.05, 4.69) is 27.4 Å². The van der Waals surface area contributed by atoms with Crippen molar-refractivity contribution in [2.45, 2.75) is 32.8 Å². The Balaban J connectivity index is 3.63. The van der Waals surface area contributed by atoms with Gasteiger partial charge >= 0.3 is 0 Å². The van der Waals surface area contributed by atoms with Crippen molar-refractivity contribution in [1.29, 1.82) is 0 Å². The lowest BCUT2D eigenvalue weighted by molar-refractivity contribution is 0.386. The quantitative estimate of drug-likeness (QED) is 0.488. The van der Waals surface area contributed by atoms with Crippen LogP contribution in [0, 0.1) is 5.41 Å². The summed E-state index contributed by atoms with van der Waals surface area (Å²) in [4.78, 5) is 0. The minimum absolute atomic E-state index is 0.353. The van der Waals surface area contributed by atoms with E-state index in [1.807, 2.05) is 0 Å². The second-order valence-electron chi connectivity index (χ2n) is 3.93. The Hall–Kier alpha value is 0.455. The van der Waals surface area contributed by atoms with E-state index >= 15 is 0 Å². The maximum absolute atomic E-state index is 8.90. The summed E-state index contributed by atoms with van der Waals surface area (Å²) < 4.78 is 0. The van der Waals surface area contributed by atoms with E-state index in [4.69, 9.17) is 5.02 Å². The molecule has 0 heterocycles. The van der Waals surface area contributed by atoms with Gasteiger partial charge < -0.3 is 5.02 Å². The van der Waals surface area contributed by atoms with Gasteiger partial charge in [0.05, 0.1) is 0 Å². The van der Waals surface area contributed by atoms with Crippen LogP contribution in [0.25, 0.3) is 0 Å². The highest BCUT2D eigenvalue weighted by Crippen LogP contribution is 2.28. The van der Waals surface area contributed by atoms with Crippen LogP contribution >= 0.6 is 8.58 Å². The van der Waals surface area contributed by atoms with Gasteiger partial charge in [0.15, 0.2) is 0 Å². The van der Waals surface area contributed by atoms with Crippen molar-refractivity contribution in [3.63, 3.8) is 0 Å². The Morgan fingerprint density at radius 2 is 2.00 bits per heavy atom. The van der Waals surface area contributed by atoms with Crippen LogP contribution < -0.4 is 0 Å². The van der Waals surface area contributed by atoms with Gasteiger partial charge in [0.2, 0.25) is 0 Å². The SMILES string of the molecule is CPC(BO)CC(C)(C)C. The molecule has 0 saturated carbocycles. The molecule has 60 valence electrons. The van der Waals surface area contributed by atoms with Gasteiger partial charge in [-0.2, -0.15) is 0 Å². The van der Waals surface area contributed by atoms with Crippen LogP contribution in [0.1, 0.15) is 27.2 Å². The molecule has 0 aromatic heterocycles. The molecule has 1 nitrogen and oxygen atoms in total. The average molecular weight is 160 g/mol. The highest BCUT2D eigenvalue weighted by Gasteiger charge is 2.17. The van der Waals surface area contributed by atoms with Gasteiger partial charge in [-0.05, 0) is 24.1 Å². The summed E-state index contributed by atoms with van der Waals surface area (Å²) in [6.07, 6.45) is 1.14. The molecule has 0 bridgehead atoms. The van der Waals surface area contributed by atoms with Crippen molar-refractivity contribution in [3.05, 3.63) is 0 Å². The molecular weight excluding hydrogens is 142 g/mol. The Bertz CT molecular complexity index is 86.1. The van der Waals surface area contributed by atoms with Crippen molar-refractivity contribution >= 4 is 16.1 Å². The Labute approximate surface area is 66.7 Å². The first-order chi connectivity index (χ1) is 4.49.